The van der Waals surface area contributed by atoms with E-state index in [1.807, 2.05) is 47.9 Å². The summed E-state index contributed by atoms with van der Waals surface area (Å²) >= 11 is 2.46. The molecule has 0 aliphatic carbocycles. The largest absolute Gasteiger partial charge is 0.339 e. The van der Waals surface area contributed by atoms with Gasteiger partial charge in [-0.3, -0.25) is 14.2 Å². The van der Waals surface area contributed by atoms with Crippen LogP contribution < -0.4 is 5.32 Å². The van der Waals surface area contributed by atoms with Crippen LogP contribution in [0.1, 0.15) is 5.56 Å². The summed E-state index contributed by atoms with van der Waals surface area (Å²) in [5.74, 6) is 0.0680. The number of carbonyl (C=O) groups excluding carboxylic acids is 2. The highest BCUT2D eigenvalue weighted by molar-refractivity contribution is 8.13. The maximum Gasteiger partial charge on any atom is 0.285 e. The molecule has 150 valence electrons. The SMILES string of the molecule is Cc1ccc(-n2cnnc2SCC(=O)Nc2ccc(SC(=O)N(C)C)cc2)cc1. The van der Waals surface area contributed by atoms with Gasteiger partial charge in [0.2, 0.25) is 5.91 Å². The summed E-state index contributed by atoms with van der Waals surface area (Å²) in [6, 6.07) is 15.2. The maximum absolute atomic E-state index is 12.3. The van der Waals surface area contributed by atoms with Gasteiger partial charge in [0.25, 0.3) is 5.24 Å². The third-order valence-corrected chi connectivity index (χ3v) is 5.86. The van der Waals surface area contributed by atoms with Crippen molar-refractivity contribution in [1.29, 1.82) is 0 Å². The zero-order valence-corrected chi connectivity index (χ0v) is 18.0. The second kappa shape index (κ2) is 9.62. The van der Waals surface area contributed by atoms with E-state index >= 15 is 0 Å². The number of rotatable bonds is 6. The van der Waals surface area contributed by atoms with Gasteiger partial charge in [-0.1, -0.05) is 29.5 Å². The maximum atomic E-state index is 12.3. The smallest absolute Gasteiger partial charge is 0.285 e. The first kappa shape index (κ1) is 20.9. The Bertz CT molecular complexity index is 985. The number of anilines is 1. The summed E-state index contributed by atoms with van der Waals surface area (Å²) in [6.07, 6.45) is 1.64. The molecular formula is C20H21N5O2S2. The lowest BCUT2D eigenvalue weighted by Crippen LogP contribution is -2.16. The molecule has 0 fully saturated rings. The number of nitrogens with zero attached hydrogens (tertiary/aromatic N) is 4. The first-order chi connectivity index (χ1) is 13.9. The van der Waals surface area contributed by atoms with Crippen molar-refractivity contribution in [2.75, 3.05) is 25.2 Å². The molecule has 3 aromatic rings. The summed E-state index contributed by atoms with van der Waals surface area (Å²) < 4.78 is 1.85. The van der Waals surface area contributed by atoms with Crippen LogP contribution in [0.15, 0.2) is 64.9 Å². The van der Waals surface area contributed by atoms with Gasteiger partial charge in [0.05, 0.1) is 5.75 Å². The fourth-order valence-corrected chi connectivity index (χ4v) is 3.72. The molecule has 2 aromatic carbocycles. The second-order valence-corrected chi connectivity index (χ2v) is 8.41. The molecule has 3 rings (SSSR count). The molecule has 2 amide bonds. The average Bonchev–Trinajstić information content (AvgIpc) is 3.17. The van der Waals surface area contributed by atoms with E-state index in [1.54, 1.807) is 32.6 Å². The molecule has 0 saturated carbocycles. The standard InChI is InChI=1S/C20H21N5O2S2/c1-14-4-8-16(9-5-14)25-13-21-23-19(25)28-12-18(26)22-15-6-10-17(11-7-15)29-20(27)24(2)3/h4-11,13H,12H2,1-3H3,(H,22,26). The monoisotopic (exact) mass is 427 g/mol. The fourth-order valence-electron chi connectivity index (χ4n) is 2.33. The number of amides is 2. The van der Waals surface area contributed by atoms with Crippen molar-refractivity contribution in [2.45, 2.75) is 17.0 Å². The van der Waals surface area contributed by atoms with E-state index in [0.29, 0.717) is 10.8 Å². The lowest BCUT2D eigenvalue weighted by atomic mass is 10.2. The molecule has 7 nitrogen and oxygen atoms in total. The van der Waals surface area contributed by atoms with Gasteiger partial charge in [0.1, 0.15) is 6.33 Å². The Morgan fingerprint density at radius 2 is 1.76 bits per heavy atom. The van der Waals surface area contributed by atoms with E-state index < -0.39 is 0 Å². The Morgan fingerprint density at radius 3 is 2.41 bits per heavy atom. The molecular weight excluding hydrogens is 406 g/mol. The molecule has 1 aromatic heterocycles. The molecule has 0 saturated heterocycles. The van der Waals surface area contributed by atoms with Gasteiger partial charge >= 0.3 is 0 Å². The summed E-state index contributed by atoms with van der Waals surface area (Å²) in [7, 11) is 3.42. The van der Waals surface area contributed by atoms with Gasteiger partial charge in [0, 0.05) is 30.4 Å². The highest BCUT2D eigenvalue weighted by Gasteiger charge is 2.11. The first-order valence-corrected chi connectivity index (χ1v) is 10.6. The van der Waals surface area contributed by atoms with Crippen molar-refractivity contribution < 1.29 is 9.59 Å². The number of aromatic nitrogens is 3. The second-order valence-electron chi connectivity index (χ2n) is 6.44. The Labute approximate surface area is 177 Å². The van der Waals surface area contributed by atoms with Crippen LogP contribution in [0.5, 0.6) is 0 Å². The predicted octanol–water partition coefficient (Wildman–Crippen LogP) is 4.08. The van der Waals surface area contributed by atoms with Crippen LogP contribution in [0.25, 0.3) is 5.69 Å². The van der Waals surface area contributed by atoms with Crippen LogP contribution in [0, 0.1) is 6.92 Å². The lowest BCUT2D eigenvalue weighted by Gasteiger charge is -2.10. The van der Waals surface area contributed by atoms with Crippen LogP contribution in [0.2, 0.25) is 0 Å². The number of aryl methyl sites for hydroxylation is 1. The predicted molar refractivity (Wildman–Crippen MR) is 117 cm³/mol. The van der Waals surface area contributed by atoms with Gasteiger partial charge in [-0.15, -0.1) is 10.2 Å². The van der Waals surface area contributed by atoms with Gasteiger partial charge in [-0.25, -0.2) is 0 Å². The van der Waals surface area contributed by atoms with Gasteiger partial charge < -0.3 is 10.2 Å². The van der Waals surface area contributed by atoms with Gasteiger partial charge in [-0.05, 0) is 55.1 Å². The third kappa shape index (κ3) is 5.85. The Balaban J connectivity index is 1.55. The molecule has 1 heterocycles. The molecule has 0 aliphatic rings. The molecule has 0 spiro atoms. The van der Waals surface area contributed by atoms with Crippen molar-refractivity contribution in [2.24, 2.45) is 0 Å². The molecule has 0 atom stereocenters. The number of benzene rings is 2. The van der Waals surface area contributed by atoms with E-state index in [1.165, 1.54) is 22.2 Å². The highest BCUT2D eigenvalue weighted by atomic mass is 32.2. The molecule has 0 unspecified atom stereocenters. The van der Waals surface area contributed by atoms with E-state index in [2.05, 4.69) is 15.5 Å². The number of hydrogen-bond donors (Lipinski definition) is 1. The Hall–Kier alpha value is -2.78. The first-order valence-electron chi connectivity index (χ1n) is 8.81. The molecule has 29 heavy (non-hydrogen) atoms. The van der Waals surface area contributed by atoms with Crippen LogP contribution >= 0.6 is 23.5 Å². The normalized spacial score (nSPS) is 10.6. The number of hydrogen-bond acceptors (Lipinski definition) is 6. The zero-order valence-electron chi connectivity index (χ0n) is 16.3. The van der Waals surface area contributed by atoms with Gasteiger partial charge in [0.15, 0.2) is 5.16 Å². The van der Waals surface area contributed by atoms with Crippen LogP contribution in [0.4, 0.5) is 10.5 Å². The minimum atomic E-state index is -0.141. The zero-order chi connectivity index (χ0) is 20.8. The quantitative estimate of drug-likeness (QED) is 0.597. The number of nitrogens with one attached hydrogen (secondary N) is 1. The Morgan fingerprint density at radius 1 is 1.07 bits per heavy atom. The Kier molecular flexibility index (Phi) is 6.95. The number of thioether (sulfide) groups is 2. The summed E-state index contributed by atoms with van der Waals surface area (Å²) in [5.41, 5.74) is 2.80. The minimum absolute atomic E-state index is 0.0455. The molecule has 0 bridgehead atoms. The van der Waals surface area contributed by atoms with Crippen molar-refractivity contribution in [3.63, 3.8) is 0 Å². The van der Waals surface area contributed by atoms with Crippen molar-refractivity contribution in [3.8, 4) is 5.69 Å². The van der Waals surface area contributed by atoms with E-state index in [0.717, 1.165) is 22.3 Å². The minimum Gasteiger partial charge on any atom is -0.339 e. The average molecular weight is 428 g/mol. The van der Waals surface area contributed by atoms with Crippen molar-refractivity contribution in [1.82, 2.24) is 19.7 Å². The van der Waals surface area contributed by atoms with Crippen LogP contribution in [-0.4, -0.2) is 50.7 Å². The summed E-state index contributed by atoms with van der Waals surface area (Å²) in [4.78, 5) is 26.4. The topological polar surface area (TPSA) is 80.1 Å². The summed E-state index contributed by atoms with van der Waals surface area (Å²) in [6.45, 7) is 2.03. The van der Waals surface area contributed by atoms with Crippen LogP contribution in [0.3, 0.4) is 0 Å². The van der Waals surface area contributed by atoms with Crippen molar-refractivity contribution >= 4 is 40.4 Å². The van der Waals surface area contributed by atoms with E-state index in [9.17, 15) is 9.59 Å². The molecule has 9 heteroatoms. The molecule has 0 radical (unpaired) electrons. The third-order valence-electron chi connectivity index (χ3n) is 3.87. The summed E-state index contributed by atoms with van der Waals surface area (Å²) in [5, 5.41) is 11.5. The highest BCUT2D eigenvalue weighted by Crippen LogP contribution is 2.23. The fraction of sp³-hybridized carbons (Fsp3) is 0.200. The molecule has 0 aliphatic heterocycles. The van der Waals surface area contributed by atoms with E-state index in [-0.39, 0.29) is 16.9 Å². The lowest BCUT2D eigenvalue weighted by molar-refractivity contribution is -0.113. The van der Waals surface area contributed by atoms with Crippen LogP contribution in [-0.2, 0) is 4.79 Å². The van der Waals surface area contributed by atoms with Gasteiger partial charge in [-0.2, -0.15) is 0 Å². The van der Waals surface area contributed by atoms with E-state index in [4.69, 9.17) is 0 Å². The number of carbonyl (C=O) groups is 2. The van der Waals surface area contributed by atoms with Crippen molar-refractivity contribution in [3.05, 3.63) is 60.4 Å². The molecule has 1 N–H and O–H groups in total.